The lowest BCUT2D eigenvalue weighted by atomic mass is 10.0. The number of aliphatic hydroxyl groups is 1. The first-order chi connectivity index (χ1) is 5.04. The first kappa shape index (κ1) is 8.01. The van der Waals surface area contributed by atoms with Crippen LogP contribution in [0.2, 0.25) is 0 Å². The van der Waals surface area contributed by atoms with Gasteiger partial charge >= 0.3 is 5.91 Å². The van der Waals surface area contributed by atoms with Gasteiger partial charge in [-0.05, 0) is 26.3 Å². The van der Waals surface area contributed by atoms with Crippen molar-refractivity contribution in [3.05, 3.63) is 22.6 Å². The molecule has 0 saturated heterocycles. The molecule has 3 heteroatoms. The monoisotopic (exact) mass is 154 g/mol. The van der Waals surface area contributed by atoms with Crippen molar-refractivity contribution >= 4 is 5.91 Å². The number of carbonyl (C=O) groups excluding carboxylic acids is 1. The van der Waals surface area contributed by atoms with E-state index in [1.54, 1.807) is 13.8 Å². The molecular formula is C8H12NO2+. The molecule has 11 heavy (non-hydrogen) atoms. The Kier molecular flexibility index (Phi) is 1.83. The Morgan fingerprint density at radius 1 is 1.09 bits per heavy atom. The Bertz CT molecular complexity index is 274. The molecule has 1 heterocycles. The number of aliphatic hydroxyl groups excluding tert-OH is 1. The molecule has 1 amide bonds. The van der Waals surface area contributed by atoms with Crippen molar-refractivity contribution in [2.24, 2.45) is 0 Å². The Morgan fingerprint density at radius 2 is 1.64 bits per heavy atom. The van der Waals surface area contributed by atoms with Crippen LogP contribution in [0.1, 0.15) is 20.8 Å². The summed E-state index contributed by atoms with van der Waals surface area (Å²) in [5.74, 6) is 0.00343. The van der Waals surface area contributed by atoms with Gasteiger partial charge in [-0.3, -0.25) is 0 Å². The standard InChI is InChI=1S/C8H11NO2/c1-4-5(2)7(10)9-8(11)6(4)3/h1-3H3,(H2,9,10,11)/p+1. The van der Waals surface area contributed by atoms with Gasteiger partial charge in [-0.1, -0.05) is 0 Å². The number of allylic oxidation sites excluding steroid dienone is 2. The molecule has 0 atom stereocenters. The topological polar surface area (TPSA) is 53.9 Å². The molecule has 1 aliphatic rings. The lowest BCUT2D eigenvalue weighted by Crippen LogP contribution is -2.87. The highest BCUT2D eigenvalue weighted by Crippen LogP contribution is 2.16. The molecule has 0 unspecified atom stereocenters. The first-order valence-electron chi connectivity index (χ1n) is 3.51. The summed E-state index contributed by atoms with van der Waals surface area (Å²) in [6.45, 7) is 5.41. The van der Waals surface area contributed by atoms with E-state index in [2.05, 4.69) is 0 Å². The zero-order valence-corrected chi connectivity index (χ0v) is 6.93. The molecule has 1 aliphatic heterocycles. The Balaban J connectivity index is 3.18. The molecule has 0 aromatic heterocycles. The van der Waals surface area contributed by atoms with Crippen molar-refractivity contribution in [1.82, 2.24) is 0 Å². The van der Waals surface area contributed by atoms with Gasteiger partial charge in [0, 0.05) is 0 Å². The third-order valence-electron chi connectivity index (χ3n) is 2.15. The quantitative estimate of drug-likeness (QED) is 0.524. The van der Waals surface area contributed by atoms with Gasteiger partial charge in [0.1, 0.15) is 0 Å². The summed E-state index contributed by atoms with van der Waals surface area (Å²) in [4.78, 5) is 11.1. The van der Waals surface area contributed by atoms with Crippen LogP contribution in [0.25, 0.3) is 0 Å². The first-order valence-corrected chi connectivity index (χ1v) is 3.51. The van der Waals surface area contributed by atoms with E-state index in [4.69, 9.17) is 0 Å². The number of hydrogen-bond donors (Lipinski definition) is 2. The molecule has 0 saturated carbocycles. The predicted octanol–water partition coefficient (Wildman–Crippen LogP) is 0.216. The number of rotatable bonds is 0. The molecule has 0 bridgehead atoms. The van der Waals surface area contributed by atoms with Crippen molar-refractivity contribution in [1.29, 1.82) is 0 Å². The fourth-order valence-corrected chi connectivity index (χ4v) is 0.999. The third kappa shape index (κ3) is 1.19. The van der Waals surface area contributed by atoms with Crippen LogP contribution in [0, 0.1) is 0 Å². The van der Waals surface area contributed by atoms with Crippen LogP contribution in [0.4, 0.5) is 0 Å². The maximum Gasteiger partial charge on any atom is 0.346 e. The van der Waals surface area contributed by atoms with Crippen molar-refractivity contribution in [3.63, 3.8) is 0 Å². The predicted molar refractivity (Wildman–Crippen MR) is 40.6 cm³/mol. The Morgan fingerprint density at radius 3 is 2.18 bits per heavy atom. The smallest absolute Gasteiger partial charge is 0.346 e. The summed E-state index contributed by atoms with van der Waals surface area (Å²) in [6, 6.07) is 0. The van der Waals surface area contributed by atoms with E-state index < -0.39 is 0 Å². The SMILES string of the molecule is CC1=C(O)[NH2+]C(=O)C(C)=C1C. The molecule has 0 aromatic rings. The molecule has 1 rings (SSSR count). The minimum absolute atomic E-state index is 0.0920. The molecule has 0 spiro atoms. The zero-order chi connectivity index (χ0) is 8.59. The molecule has 0 fully saturated rings. The number of carbonyl (C=O) groups is 1. The Labute approximate surface area is 65.4 Å². The molecule has 0 radical (unpaired) electrons. The highest BCUT2D eigenvalue weighted by Gasteiger charge is 2.23. The maximum atomic E-state index is 11.1. The van der Waals surface area contributed by atoms with Gasteiger partial charge < -0.3 is 5.11 Å². The average Bonchev–Trinajstić information content (AvgIpc) is 1.97. The molecular weight excluding hydrogens is 142 g/mol. The van der Waals surface area contributed by atoms with Crippen molar-refractivity contribution in [2.45, 2.75) is 20.8 Å². The van der Waals surface area contributed by atoms with E-state index in [-0.39, 0.29) is 11.8 Å². The minimum Gasteiger partial charge on any atom is -0.467 e. The van der Waals surface area contributed by atoms with E-state index in [0.29, 0.717) is 0 Å². The van der Waals surface area contributed by atoms with Gasteiger partial charge in [0.2, 0.25) is 0 Å². The van der Waals surface area contributed by atoms with Gasteiger partial charge in [0.25, 0.3) is 5.88 Å². The van der Waals surface area contributed by atoms with Crippen LogP contribution in [0.15, 0.2) is 22.6 Å². The number of hydrogen-bond acceptors (Lipinski definition) is 2. The molecule has 3 nitrogen and oxygen atoms in total. The van der Waals surface area contributed by atoms with Gasteiger partial charge in [0.05, 0.1) is 11.1 Å². The van der Waals surface area contributed by atoms with Crippen LogP contribution < -0.4 is 5.32 Å². The number of nitrogens with two attached hydrogens (primary N) is 1. The largest absolute Gasteiger partial charge is 0.467 e. The van der Waals surface area contributed by atoms with E-state index in [0.717, 1.165) is 16.7 Å². The Hall–Kier alpha value is -1.09. The second-order valence-electron chi connectivity index (χ2n) is 2.77. The number of quaternary nitrogens is 1. The van der Waals surface area contributed by atoms with Crippen LogP contribution in [-0.2, 0) is 4.79 Å². The third-order valence-corrected chi connectivity index (χ3v) is 2.15. The van der Waals surface area contributed by atoms with E-state index in [1.807, 2.05) is 6.92 Å². The summed E-state index contributed by atoms with van der Waals surface area (Å²) in [6.07, 6.45) is 0. The van der Waals surface area contributed by atoms with Crippen molar-refractivity contribution < 1.29 is 15.2 Å². The van der Waals surface area contributed by atoms with E-state index in [1.165, 1.54) is 5.32 Å². The fraction of sp³-hybridized carbons (Fsp3) is 0.375. The van der Waals surface area contributed by atoms with Crippen LogP contribution in [-0.4, -0.2) is 11.0 Å². The molecule has 0 aliphatic carbocycles. The summed E-state index contributed by atoms with van der Waals surface area (Å²) in [5, 5.41) is 10.5. The van der Waals surface area contributed by atoms with E-state index >= 15 is 0 Å². The molecule has 60 valence electrons. The average molecular weight is 154 g/mol. The van der Waals surface area contributed by atoms with Crippen LogP contribution in [0.5, 0.6) is 0 Å². The lowest BCUT2D eigenvalue weighted by Gasteiger charge is -2.11. The summed E-state index contributed by atoms with van der Waals surface area (Å²) in [5.41, 5.74) is 2.40. The van der Waals surface area contributed by atoms with Gasteiger partial charge in [-0.15, -0.1) is 0 Å². The molecule has 3 N–H and O–H groups in total. The zero-order valence-electron chi connectivity index (χ0n) is 6.93. The highest BCUT2D eigenvalue weighted by atomic mass is 16.3. The minimum atomic E-state index is -0.0920. The second kappa shape index (κ2) is 2.51. The van der Waals surface area contributed by atoms with Crippen molar-refractivity contribution in [3.8, 4) is 0 Å². The summed E-state index contributed by atoms with van der Waals surface area (Å²) in [7, 11) is 0. The van der Waals surface area contributed by atoms with Crippen LogP contribution in [0.3, 0.4) is 0 Å². The van der Waals surface area contributed by atoms with Crippen LogP contribution >= 0.6 is 0 Å². The van der Waals surface area contributed by atoms with Crippen molar-refractivity contribution in [2.75, 3.05) is 0 Å². The lowest BCUT2D eigenvalue weighted by molar-refractivity contribution is -0.544. The van der Waals surface area contributed by atoms with Gasteiger partial charge in [-0.25, -0.2) is 10.1 Å². The second-order valence-corrected chi connectivity index (χ2v) is 2.77. The summed E-state index contributed by atoms with van der Waals surface area (Å²) < 4.78 is 0. The molecule has 0 aromatic carbocycles. The normalized spacial score (nSPS) is 19.7. The highest BCUT2D eigenvalue weighted by molar-refractivity contribution is 5.88. The van der Waals surface area contributed by atoms with Gasteiger partial charge in [-0.2, -0.15) is 0 Å². The van der Waals surface area contributed by atoms with E-state index in [9.17, 15) is 9.90 Å². The maximum absolute atomic E-state index is 11.1. The summed E-state index contributed by atoms with van der Waals surface area (Å²) >= 11 is 0. The number of amides is 1. The fourth-order valence-electron chi connectivity index (χ4n) is 0.999. The van der Waals surface area contributed by atoms with Gasteiger partial charge in [0.15, 0.2) is 0 Å². The number of primary amides is 1.